The van der Waals surface area contributed by atoms with Crippen molar-refractivity contribution in [2.24, 2.45) is 0 Å². The number of nitrogens with zero attached hydrogens (tertiary/aromatic N) is 4. The Labute approximate surface area is 337 Å². The number of hydrogen-bond acceptors (Lipinski definition) is 4. The van der Waals surface area contributed by atoms with Crippen LogP contribution in [0.4, 0.5) is 0 Å². The van der Waals surface area contributed by atoms with Gasteiger partial charge in [0, 0.05) is 50.2 Å². The van der Waals surface area contributed by atoms with Crippen LogP contribution >= 0.6 is 0 Å². The second kappa shape index (κ2) is 13.4. The highest BCUT2D eigenvalue weighted by atomic mass is 16.3. The molecule has 0 saturated carbocycles. The van der Waals surface area contributed by atoms with Gasteiger partial charge in [-0.05, 0) is 52.2 Å². The number of hydrogen-bond donors (Lipinski definition) is 0. The monoisotopic (exact) mass is 724 g/mol. The lowest BCUT2D eigenvalue weighted by Gasteiger charge is -2.18. The van der Waals surface area contributed by atoms with Crippen LogP contribution in [0, 0.1) is 0 Å². The average molecular weight is 723 g/mol. The first-order valence-electron chi connectivity index (χ1n) is 19.6. The number of rotatable bonds is 5. The van der Waals surface area contributed by atoms with Gasteiger partial charge in [-0.3, -0.25) is 0 Å². The third-order valence-corrected chi connectivity index (χ3v) is 12.4. The summed E-state index contributed by atoms with van der Waals surface area (Å²) in [6.45, 7) is 0. The predicted molar refractivity (Wildman–Crippen MR) is 260 cm³/mol. The fraction of sp³-hybridized carbons (Fsp3) is 0. The lowest BCUT2D eigenvalue weighted by molar-refractivity contribution is 0.668. The summed E-state index contributed by atoms with van der Waals surface area (Å²) in [5, 5.41) is 4.74. The molecule has 0 N–H and O–H groups in total. The molecule has 0 saturated heterocycles. The Bertz CT molecular complexity index is 3200. The molecular weight excluding hydrogens is 688 g/mol. The molecule has 0 aliphatic carbocycles. The number of furan rings is 1. The summed E-state index contributed by atoms with van der Waals surface area (Å²) in [5.41, 5.74) is 19.8. The van der Waals surface area contributed by atoms with E-state index in [9.17, 15) is 0 Å². The van der Waals surface area contributed by atoms with Gasteiger partial charge in [-0.15, -0.1) is 5.46 Å². The zero-order valence-corrected chi connectivity index (χ0v) is 33.3. The van der Waals surface area contributed by atoms with E-state index in [0.717, 1.165) is 44.3 Å². The molecule has 0 unspecified atom stereocenters. The molecular formula is C45H35B7N4O. The molecule has 57 heavy (non-hydrogen) atoms. The Balaban J connectivity index is 1.20. The topological polar surface area (TPSA) is 56.7 Å². The normalized spacial score (nSPS) is 11.6. The summed E-state index contributed by atoms with van der Waals surface area (Å²) in [4.78, 5) is 14.9. The molecule has 10 rings (SSSR count). The molecule has 0 amide bonds. The standard InChI is InChI=1S/C45H35B7N4O/c46-34-31(22-10-4-1-5-11-22)37(49)41-32(35(34)47)33-36(48)38(50)39(51)40(52)42(33)56(41)26-17-18-27-28-20-25(16-19-29(28)57-30(27)21-26)45-54-43(23-12-6-2-7-13-23)53-44(55-45)24-14-8-3-9-15-24/h1-21H,46-52H2. The Morgan fingerprint density at radius 3 is 1.49 bits per heavy atom. The van der Waals surface area contributed by atoms with Gasteiger partial charge in [-0.25, -0.2) is 15.0 Å². The third kappa shape index (κ3) is 5.45. The van der Waals surface area contributed by atoms with Gasteiger partial charge in [0.2, 0.25) is 0 Å². The lowest BCUT2D eigenvalue weighted by atomic mass is 9.64. The van der Waals surface area contributed by atoms with E-state index in [1.165, 1.54) is 71.2 Å². The van der Waals surface area contributed by atoms with Crippen molar-refractivity contribution in [3.63, 3.8) is 0 Å². The summed E-state index contributed by atoms with van der Waals surface area (Å²) < 4.78 is 9.20. The van der Waals surface area contributed by atoms with Crippen LogP contribution in [0.2, 0.25) is 0 Å². The maximum atomic E-state index is 6.69. The molecule has 5 nitrogen and oxygen atoms in total. The summed E-state index contributed by atoms with van der Waals surface area (Å²) in [7, 11) is 16.0. The molecule has 3 heterocycles. The van der Waals surface area contributed by atoms with Crippen molar-refractivity contribution in [3.8, 4) is 51.0 Å². The van der Waals surface area contributed by atoms with Crippen molar-refractivity contribution in [1.82, 2.24) is 19.5 Å². The van der Waals surface area contributed by atoms with E-state index in [0.29, 0.717) is 17.5 Å². The van der Waals surface area contributed by atoms with Crippen molar-refractivity contribution in [1.29, 1.82) is 0 Å². The van der Waals surface area contributed by atoms with E-state index in [4.69, 9.17) is 19.4 Å². The third-order valence-electron chi connectivity index (χ3n) is 12.4. The van der Waals surface area contributed by atoms with Gasteiger partial charge in [0.1, 0.15) is 66.1 Å². The zero-order chi connectivity index (χ0) is 39.1. The maximum Gasteiger partial charge on any atom is 0.164 e. The molecule has 7 aromatic carbocycles. The Morgan fingerprint density at radius 1 is 0.386 bits per heavy atom. The van der Waals surface area contributed by atoms with Gasteiger partial charge in [0.15, 0.2) is 17.5 Å². The van der Waals surface area contributed by atoms with E-state index < -0.39 is 0 Å². The number of aromatic nitrogens is 4. The SMILES string of the molecule is Bc1c(B)c(B)c2c(c1B)c1c(B)c(B)c(-c3ccccc3)c(B)c1n2-c1ccc2c(c1)oc1ccc(-c3nc(-c4ccccc4)nc(-c4ccccc4)n3)cc12. The van der Waals surface area contributed by atoms with Crippen LogP contribution in [-0.2, 0) is 0 Å². The van der Waals surface area contributed by atoms with Crippen molar-refractivity contribution in [3.05, 3.63) is 127 Å². The van der Waals surface area contributed by atoms with Crippen LogP contribution < -0.4 is 38.2 Å². The molecule has 0 fully saturated rings. The van der Waals surface area contributed by atoms with Gasteiger partial charge < -0.3 is 8.98 Å². The second-order valence-corrected chi connectivity index (χ2v) is 15.4. The maximum absolute atomic E-state index is 6.69. The molecule has 262 valence electrons. The van der Waals surface area contributed by atoms with Crippen LogP contribution in [0.1, 0.15) is 0 Å². The highest BCUT2D eigenvalue weighted by Gasteiger charge is 2.25. The number of fused-ring (bicyclic) bond motifs is 6. The van der Waals surface area contributed by atoms with Crippen LogP contribution in [0.5, 0.6) is 0 Å². The molecule has 12 heteroatoms. The molecule has 10 aromatic rings. The minimum absolute atomic E-state index is 0.618. The zero-order valence-electron chi connectivity index (χ0n) is 33.3. The van der Waals surface area contributed by atoms with E-state index in [1.54, 1.807) is 0 Å². The molecule has 0 radical (unpaired) electrons. The van der Waals surface area contributed by atoms with E-state index in [2.05, 4.69) is 114 Å². The highest BCUT2D eigenvalue weighted by molar-refractivity contribution is 6.69. The molecule has 0 bridgehead atoms. The fourth-order valence-corrected chi connectivity index (χ4v) is 8.99. The number of benzene rings is 7. The van der Waals surface area contributed by atoms with Gasteiger partial charge >= 0.3 is 0 Å². The van der Waals surface area contributed by atoms with Gasteiger partial charge in [-0.2, -0.15) is 0 Å². The first-order chi connectivity index (χ1) is 27.7. The van der Waals surface area contributed by atoms with Crippen LogP contribution in [-0.4, -0.2) is 74.4 Å². The summed E-state index contributed by atoms with van der Waals surface area (Å²) in [5.74, 6) is 1.90. The predicted octanol–water partition coefficient (Wildman–Crippen LogP) is -0.655. The molecule has 0 atom stereocenters. The largest absolute Gasteiger partial charge is 0.456 e. The van der Waals surface area contributed by atoms with Crippen LogP contribution in [0.3, 0.4) is 0 Å². The first kappa shape index (κ1) is 35.0. The minimum atomic E-state index is 0.618. The molecule has 0 aliphatic rings. The Morgan fingerprint density at radius 2 is 0.895 bits per heavy atom. The summed E-state index contributed by atoms with van der Waals surface area (Å²) >= 11 is 0. The smallest absolute Gasteiger partial charge is 0.164 e. The average Bonchev–Trinajstić information content (AvgIpc) is 3.81. The van der Waals surface area contributed by atoms with Crippen molar-refractivity contribution in [2.45, 2.75) is 0 Å². The van der Waals surface area contributed by atoms with E-state index in [1.807, 2.05) is 72.8 Å². The van der Waals surface area contributed by atoms with Crippen molar-refractivity contribution < 1.29 is 4.42 Å². The molecule has 3 aromatic heterocycles. The van der Waals surface area contributed by atoms with Crippen molar-refractivity contribution >= 4 is 137 Å². The van der Waals surface area contributed by atoms with Crippen LogP contribution in [0.25, 0.3) is 94.7 Å². The first-order valence-corrected chi connectivity index (χ1v) is 19.6. The summed E-state index contributed by atoms with van der Waals surface area (Å²) in [6, 6.07) is 43.9. The van der Waals surface area contributed by atoms with Crippen molar-refractivity contribution in [2.75, 3.05) is 0 Å². The molecule has 0 spiro atoms. The minimum Gasteiger partial charge on any atom is -0.456 e. The Kier molecular flexibility index (Phi) is 8.22. The van der Waals surface area contributed by atoms with E-state index in [-0.39, 0.29) is 0 Å². The van der Waals surface area contributed by atoms with Crippen LogP contribution in [0.15, 0.2) is 132 Å². The lowest BCUT2D eigenvalue weighted by Crippen LogP contribution is -2.48. The van der Waals surface area contributed by atoms with Gasteiger partial charge in [0.25, 0.3) is 0 Å². The second-order valence-electron chi connectivity index (χ2n) is 15.4. The van der Waals surface area contributed by atoms with Gasteiger partial charge in [0.05, 0.1) is 0 Å². The molecule has 0 aliphatic heterocycles. The summed E-state index contributed by atoms with van der Waals surface area (Å²) in [6.07, 6.45) is 0. The fourth-order valence-electron chi connectivity index (χ4n) is 8.99. The quantitative estimate of drug-likeness (QED) is 0.222. The highest BCUT2D eigenvalue weighted by Crippen LogP contribution is 2.36. The van der Waals surface area contributed by atoms with E-state index >= 15 is 0 Å². The van der Waals surface area contributed by atoms with Gasteiger partial charge in [-0.1, -0.05) is 124 Å². The Hall–Kier alpha value is -6.40.